The van der Waals surface area contributed by atoms with E-state index < -0.39 is 0 Å². The number of nitrogens with two attached hydrogens (primary N) is 1. The van der Waals surface area contributed by atoms with Crippen molar-refractivity contribution in [2.75, 3.05) is 13.7 Å². The second-order valence-electron chi connectivity index (χ2n) is 7.19. The van der Waals surface area contributed by atoms with E-state index in [1.165, 1.54) is 18.4 Å². The Labute approximate surface area is 155 Å². The van der Waals surface area contributed by atoms with Gasteiger partial charge in [-0.15, -0.1) is 0 Å². The van der Waals surface area contributed by atoms with Gasteiger partial charge in [0.1, 0.15) is 5.75 Å². The van der Waals surface area contributed by atoms with Crippen LogP contribution < -0.4 is 15.8 Å². The van der Waals surface area contributed by atoms with E-state index in [4.69, 9.17) is 10.5 Å². The van der Waals surface area contributed by atoms with E-state index in [1.54, 1.807) is 7.11 Å². The predicted molar refractivity (Wildman–Crippen MR) is 104 cm³/mol. The van der Waals surface area contributed by atoms with Crippen LogP contribution in [0.15, 0.2) is 54.6 Å². The van der Waals surface area contributed by atoms with Gasteiger partial charge in [-0.25, -0.2) is 0 Å². The summed E-state index contributed by atoms with van der Waals surface area (Å²) in [6.45, 7) is 0.633. The minimum Gasteiger partial charge on any atom is -0.496 e. The first-order chi connectivity index (χ1) is 12.6. The molecule has 1 saturated carbocycles. The Bertz CT molecular complexity index is 724. The van der Waals surface area contributed by atoms with Crippen LogP contribution in [0.25, 0.3) is 0 Å². The van der Waals surface area contributed by atoms with Crippen LogP contribution >= 0.6 is 0 Å². The molecule has 138 valence electrons. The fourth-order valence-electron chi connectivity index (χ4n) is 4.03. The van der Waals surface area contributed by atoms with E-state index in [0.29, 0.717) is 13.0 Å². The smallest absolute Gasteiger partial charge is 0.221 e. The van der Waals surface area contributed by atoms with Crippen LogP contribution in [0.1, 0.15) is 49.3 Å². The molecule has 0 saturated heterocycles. The van der Waals surface area contributed by atoms with E-state index in [9.17, 15) is 4.79 Å². The highest BCUT2D eigenvalue weighted by Gasteiger charge is 2.38. The molecule has 1 fully saturated rings. The topological polar surface area (TPSA) is 64.3 Å². The lowest BCUT2D eigenvalue weighted by Gasteiger charge is -2.31. The fourth-order valence-corrected chi connectivity index (χ4v) is 4.03. The summed E-state index contributed by atoms with van der Waals surface area (Å²) in [6, 6.07) is 17.7. The van der Waals surface area contributed by atoms with Gasteiger partial charge in [-0.1, -0.05) is 61.4 Å². The van der Waals surface area contributed by atoms with Gasteiger partial charge in [0.25, 0.3) is 0 Å². The predicted octanol–water partition coefficient (Wildman–Crippen LogP) is 3.71. The molecule has 2 aromatic rings. The zero-order chi connectivity index (χ0) is 18.4. The van der Waals surface area contributed by atoms with Gasteiger partial charge in [0.05, 0.1) is 7.11 Å². The first-order valence-corrected chi connectivity index (χ1v) is 9.35. The SMILES string of the molecule is COc1ccccc1C1(CNC(=O)CC(N)c2ccccc2)CCCC1. The van der Waals surface area contributed by atoms with E-state index >= 15 is 0 Å². The maximum absolute atomic E-state index is 12.5. The number of ether oxygens (including phenoxy) is 1. The van der Waals surface area contributed by atoms with E-state index in [2.05, 4.69) is 11.4 Å². The summed E-state index contributed by atoms with van der Waals surface area (Å²) in [5.74, 6) is 0.909. The van der Waals surface area contributed by atoms with Crippen molar-refractivity contribution in [1.29, 1.82) is 0 Å². The number of benzene rings is 2. The molecule has 3 N–H and O–H groups in total. The zero-order valence-corrected chi connectivity index (χ0v) is 15.4. The number of hydrogen-bond acceptors (Lipinski definition) is 3. The standard InChI is InChI=1S/C22H28N2O2/c1-26-20-12-6-5-11-18(20)22(13-7-8-14-22)16-24-21(25)15-19(23)17-9-3-2-4-10-17/h2-6,9-12,19H,7-8,13-16,23H2,1H3,(H,24,25). The van der Waals surface area contributed by atoms with Crippen molar-refractivity contribution in [3.05, 3.63) is 65.7 Å². The van der Waals surface area contributed by atoms with Gasteiger partial charge >= 0.3 is 0 Å². The Balaban J connectivity index is 1.67. The van der Waals surface area contributed by atoms with Crippen LogP contribution in [0, 0.1) is 0 Å². The number of methoxy groups -OCH3 is 1. The molecule has 3 rings (SSSR count). The molecule has 1 unspecified atom stereocenters. The molecule has 1 aliphatic rings. The van der Waals surface area contributed by atoms with E-state index in [-0.39, 0.29) is 17.4 Å². The fraction of sp³-hybridized carbons (Fsp3) is 0.409. The van der Waals surface area contributed by atoms with Gasteiger partial charge in [0.2, 0.25) is 5.91 Å². The molecule has 0 aromatic heterocycles. The third kappa shape index (κ3) is 4.07. The monoisotopic (exact) mass is 352 g/mol. The van der Waals surface area contributed by atoms with Crippen LogP contribution in [0.2, 0.25) is 0 Å². The molecule has 0 spiro atoms. The summed E-state index contributed by atoms with van der Waals surface area (Å²) < 4.78 is 5.58. The van der Waals surface area contributed by atoms with Crippen LogP contribution in [-0.2, 0) is 10.2 Å². The molecular formula is C22H28N2O2. The number of rotatable bonds is 7. The van der Waals surface area contributed by atoms with Crippen molar-refractivity contribution in [2.24, 2.45) is 5.73 Å². The molecule has 0 aliphatic heterocycles. The minimum absolute atomic E-state index is 0.00234. The second kappa shape index (κ2) is 8.37. The van der Waals surface area contributed by atoms with Gasteiger partial charge in [-0.3, -0.25) is 4.79 Å². The van der Waals surface area contributed by atoms with Crippen molar-refractivity contribution in [3.63, 3.8) is 0 Å². The molecule has 1 amide bonds. The minimum atomic E-state index is -0.276. The van der Waals surface area contributed by atoms with Gasteiger partial charge in [-0.05, 0) is 24.5 Å². The normalized spacial score (nSPS) is 16.8. The largest absolute Gasteiger partial charge is 0.496 e. The molecular weight excluding hydrogens is 324 g/mol. The highest BCUT2D eigenvalue weighted by Crippen LogP contribution is 2.44. The summed E-state index contributed by atoms with van der Waals surface area (Å²) in [4.78, 5) is 12.5. The number of hydrogen-bond donors (Lipinski definition) is 2. The summed E-state index contributed by atoms with van der Waals surface area (Å²) >= 11 is 0. The van der Waals surface area contributed by atoms with Crippen LogP contribution in [0.5, 0.6) is 5.75 Å². The average molecular weight is 352 g/mol. The molecule has 4 nitrogen and oxygen atoms in total. The maximum Gasteiger partial charge on any atom is 0.221 e. The van der Waals surface area contributed by atoms with E-state index in [1.807, 2.05) is 48.5 Å². The highest BCUT2D eigenvalue weighted by molar-refractivity contribution is 5.77. The third-order valence-electron chi connectivity index (χ3n) is 5.50. The summed E-state index contributed by atoms with van der Waals surface area (Å²) in [6.07, 6.45) is 4.79. The highest BCUT2D eigenvalue weighted by atomic mass is 16.5. The zero-order valence-electron chi connectivity index (χ0n) is 15.4. The quantitative estimate of drug-likeness (QED) is 0.798. The van der Waals surface area contributed by atoms with Gasteiger partial charge in [0, 0.05) is 30.0 Å². The number of amides is 1. The van der Waals surface area contributed by atoms with Crippen LogP contribution in [0.3, 0.4) is 0 Å². The first-order valence-electron chi connectivity index (χ1n) is 9.35. The first kappa shape index (κ1) is 18.5. The third-order valence-corrected chi connectivity index (χ3v) is 5.50. The maximum atomic E-state index is 12.5. The molecule has 2 aromatic carbocycles. The lowest BCUT2D eigenvalue weighted by molar-refractivity contribution is -0.121. The van der Waals surface area contributed by atoms with E-state index in [0.717, 1.165) is 24.2 Å². The molecule has 1 atom stereocenters. The van der Waals surface area contributed by atoms with Gasteiger partial charge in [-0.2, -0.15) is 0 Å². The lowest BCUT2D eigenvalue weighted by Crippen LogP contribution is -2.40. The molecule has 0 bridgehead atoms. The van der Waals surface area contributed by atoms with Crippen LogP contribution in [-0.4, -0.2) is 19.6 Å². The molecule has 26 heavy (non-hydrogen) atoms. The Morgan fingerprint density at radius 3 is 2.46 bits per heavy atom. The number of nitrogens with one attached hydrogen (secondary N) is 1. The Kier molecular flexibility index (Phi) is 5.94. The van der Waals surface area contributed by atoms with Crippen molar-refractivity contribution in [1.82, 2.24) is 5.32 Å². The van der Waals surface area contributed by atoms with Crippen molar-refractivity contribution in [3.8, 4) is 5.75 Å². The Morgan fingerprint density at radius 2 is 1.77 bits per heavy atom. The Morgan fingerprint density at radius 1 is 1.12 bits per heavy atom. The number of carbonyl (C=O) groups is 1. The summed E-state index contributed by atoms with van der Waals surface area (Å²) in [5, 5.41) is 3.14. The van der Waals surface area contributed by atoms with Crippen molar-refractivity contribution < 1.29 is 9.53 Å². The Hall–Kier alpha value is -2.33. The second-order valence-corrected chi connectivity index (χ2v) is 7.19. The molecule has 0 heterocycles. The number of para-hydroxylation sites is 1. The van der Waals surface area contributed by atoms with Gasteiger partial charge in [0.15, 0.2) is 0 Å². The van der Waals surface area contributed by atoms with Crippen molar-refractivity contribution in [2.45, 2.75) is 43.6 Å². The average Bonchev–Trinajstić information content (AvgIpc) is 3.17. The van der Waals surface area contributed by atoms with Gasteiger partial charge < -0.3 is 15.8 Å². The lowest BCUT2D eigenvalue weighted by atomic mass is 9.78. The van der Waals surface area contributed by atoms with Crippen LogP contribution in [0.4, 0.5) is 0 Å². The molecule has 1 aliphatic carbocycles. The number of carbonyl (C=O) groups excluding carboxylic acids is 1. The molecule has 4 heteroatoms. The molecule has 0 radical (unpaired) electrons. The van der Waals surface area contributed by atoms with Crippen molar-refractivity contribution >= 4 is 5.91 Å². The summed E-state index contributed by atoms with van der Waals surface area (Å²) in [7, 11) is 1.71. The summed E-state index contributed by atoms with van der Waals surface area (Å²) in [5.41, 5.74) is 8.34.